The lowest BCUT2D eigenvalue weighted by molar-refractivity contribution is 0.102. The van der Waals surface area contributed by atoms with E-state index >= 15 is 0 Å². The second-order valence-corrected chi connectivity index (χ2v) is 5.35. The lowest BCUT2D eigenvalue weighted by Crippen LogP contribution is -2.14. The summed E-state index contributed by atoms with van der Waals surface area (Å²) < 4.78 is 14.2. The number of rotatable bonds is 2. The average molecular weight is 363 g/mol. The summed E-state index contributed by atoms with van der Waals surface area (Å²) in [5.41, 5.74) is 0.302. The number of hydrogen-bond acceptors (Lipinski definition) is 1. The van der Waals surface area contributed by atoms with Crippen molar-refractivity contribution < 1.29 is 9.18 Å². The zero-order valence-corrected chi connectivity index (χ0v) is 12.5. The molecule has 98 valence electrons. The van der Waals surface area contributed by atoms with E-state index in [1.165, 1.54) is 18.2 Å². The Morgan fingerprint density at radius 3 is 2.53 bits per heavy atom. The first-order valence-electron chi connectivity index (χ1n) is 5.19. The highest BCUT2D eigenvalue weighted by Gasteiger charge is 2.16. The number of halogens is 4. The molecular weight excluding hydrogens is 356 g/mol. The molecule has 0 saturated heterocycles. The number of amides is 1. The summed E-state index contributed by atoms with van der Waals surface area (Å²) in [5, 5.41) is 3.13. The summed E-state index contributed by atoms with van der Waals surface area (Å²) in [6, 6.07) is 8.92. The van der Waals surface area contributed by atoms with Crippen molar-refractivity contribution in [3.8, 4) is 0 Å². The molecule has 2 rings (SSSR count). The molecule has 0 heterocycles. The molecule has 0 atom stereocenters. The van der Waals surface area contributed by atoms with E-state index in [1.807, 2.05) is 0 Å². The maximum atomic E-state index is 13.6. The van der Waals surface area contributed by atoms with Crippen LogP contribution in [0.15, 0.2) is 40.9 Å². The largest absolute Gasteiger partial charge is 0.322 e. The molecule has 0 spiro atoms. The van der Waals surface area contributed by atoms with Crippen LogP contribution in [0.1, 0.15) is 10.4 Å². The molecule has 2 nitrogen and oxygen atoms in total. The van der Waals surface area contributed by atoms with Crippen molar-refractivity contribution in [2.45, 2.75) is 0 Å². The molecule has 0 fully saturated rings. The van der Waals surface area contributed by atoms with E-state index in [-0.39, 0.29) is 10.6 Å². The van der Waals surface area contributed by atoms with Gasteiger partial charge in [0.2, 0.25) is 0 Å². The third-order valence-corrected chi connectivity index (χ3v) is 3.90. The van der Waals surface area contributed by atoms with Crippen molar-refractivity contribution >= 4 is 50.7 Å². The average Bonchev–Trinajstić information content (AvgIpc) is 2.33. The van der Waals surface area contributed by atoms with Gasteiger partial charge in [-0.05, 0) is 46.3 Å². The first kappa shape index (κ1) is 14.3. The molecule has 0 aliphatic rings. The minimum absolute atomic E-state index is 0.0607. The Bertz CT molecular complexity index is 628. The van der Waals surface area contributed by atoms with Gasteiger partial charge in [-0.25, -0.2) is 4.39 Å². The fourth-order valence-corrected chi connectivity index (χ4v) is 2.23. The van der Waals surface area contributed by atoms with Gasteiger partial charge in [0.1, 0.15) is 5.82 Å². The van der Waals surface area contributed by atoms with Crippen LogP contribution in [-0.2, 0) is 0 Å². The quantitative estimate of drug-likeness (QED) is 0.786. The standard InChI is InChI=1S/C13H7BrCl2FNO/c14-8-6-7(4-5-9(8)15)18-13(19)12-10(16)2-1-3-11(12)17/h1-6H,(H,18,19). The van der Waals surface area contributed by atoms with Crippen molar-refractivity contribution in [1.82, 2.24) is 0 Å². The molecule has 0 unspecified atom stereocenters. The van der Waals surface area contributed by atoms with Crippen LogP contribution < -0.4 is 5.32 Å². The Kier molecular flexibility index (Phi) is 4.45. The first-order chi connectivity index (χ1) is 8.99. The van der Waals surface area contributed by atoms with Crippen molar-refractivity contribution in [3.05, 3.63) is 62.3 Å². The third-order valence-electron chi connectivity index (χ3n) is 2.37. The van der Waals surface area contributed by atoms with Crippen molar-refractivity contribution in [2.75, 3.05) is 5.32 Å². The van der Waals surface area contributed by atoms with E-state index < -0.39 is 11.7 Å². The van der Waals surface area contributed by atoms with Crippen LogP contribution >= 0.6 is 39.1 Å². The normalized spacial score (nSPS) is 10.3. The number of hydrogen-bond donors (Lipinski definition) is 1. The maximum absolute atomic E-state index is 13.6. The molecule has 0 aromatic heterocycles. The summed E-state index contributed by atoms with van der Waals surface area (Å²) in [6.07, 6.45) is 0. The Labute approximate surface area is 127 Å². The summed E-state index contributed by atoms with van der Waals surface area (Å²) in [4.78, 5) is 12.0. The van der Waals surface area contributed by atoms with Gasteiger partial charge < -0.3 is 5.32 Å². The summed E-state index contributed by atoms with van der Waals surface area (Å²) in [6.45, 7) is 0. The fourth-order valence-electron chi connectivity index (χ4n) is 1.48. The Balaban J connectivity index is 2.28. The second-order valence-electron chi connectivity index (χ2n) is 3.68. The van der Waals surface area contributed by atoms with Crippen LogP contribution in [0.3, 0.4) is 0 Å². The predicted octanol–water partition coefficient (Wildman–Crippen LogP) is 5.15. The molecule has 0 aliphatic heterocycles. The molecule has 2 aromatic carbocycles. The van der Waals surface area contributed by atoms with Gasteiger partial charge in [-0.15, -0.1) is 0 Å². The molecular formula is C13H7BrCl2FNO. The Morgan fingerprint density at radius 2 is 1.89 bits per heavy atom. The molecule has 0 radical (unpaired) electrons. The zero-order valence-electron chi connectivity index (χ0n) is 9.38. The molecule has 2 aromatic rings. The predicted molar refractivity (Wildman–Crippen MR) is 78.5 cm³/mol. The molecule has 19 heavy (non-hydrogen) atoms. The van der Waals surface area contributed by atoms with Gasteiger partial charge in [-0.2, -0.15) is 0 Å². The molecule has 0 bridgehead atoms. The number of carbonyl (C=O) groups excluding carboxylic acids is 1. The van der Waals surface area contributed by atoms with E-state index in [2.05, 4.69) is 21.2 Å². The Hall–Kier alpha value is -1.10. The molecule has 0 saturated carbocycles. The van der Waals surface area contributed by atoms with E-state index in [0.717, 1.165) is 0 Å². The minimum Gasteiger partial charge on any atom is -0.322 e. The highest BCUT2D eigenvalue weighted by atomic mass is 79.9. The Morgan fingerprint density at radius 1 is 1.16 bits per heavy atom. The van der Waals surface area contributed by atoms with Gasteiger partial charge in [0.15, 0.2) is 0 Å². The van der Waals surface area contributed by atoms with E-state index in [9.17, 15) is 9.18 Å². The van der Waals surface area contributed by atoms with Crippen LogP contribution in [-0.4, -0.2) is 5.91 Å². The zero-order chi connectivity index (χ0) is 14.0. The topological polar surface area (TPSA) is 29.1 Å². The van der Waals surface area contributed by atoms with Gasteiger partial charge >= 0.3 is 0 Å². The third kappa shape index (κ3) is 3.26. The van der Waals surface area contributed by atoms with Crippen LogP contribution in [0.2, 0.25) is 10.0 Å². The van der Waals surface area contributed by atoms with Crippen LogP contribution in [0.25, 0.3) is 0 Å². The molecule has 6 heteroatoms. The first-order valence-corrected chi connectivity index (χ1v) is 6.74. The number of carbonyl (C=O) groups is 1. The monoisotopic (exact) mass is 361 g/mol. The lowest BCUT2D eigenvalue weighted by atomic mass is 10.2. The van der Waals surface area contributed by atoms with E-state index in [0.29, 0.717) is 15.2 Å². The van der Waals surface area contributed by atoms with Gasteiger partial charge in [0, 0.05) is 10.2 Å². The van der Waals surface area contributed by atoms with Gasteiger partial charge in [0.05, 0.1) is 15.6 Å². The molecule has 1 N–H and O–H groups in total. The van der Waals surface area contributed by atoms with E-state index in [1.54, 1.807) is 18.2 Å². The number of anilines is 1. The summed E-state index contributed by atoms with van der Waals surface area (Å²) >= 11 is 14.9. The van der Waals surface area contributed by atoms with Crippen molar-refractivity contribution in [2.24, 2.45) is 0 Å². The highest BCUT2D eigenvalue weighted by Crippen LogP contribution is 2.26. The van der Waals surface area contributed by atoms with Crippen molar-refractivity contribution in [3.63, 3.8) is 0 Å². The van der Waals surface area contributed by atoms with Gasteiger partial charge in [-0.1, -0.05) is 29.3 Å². The fraction of sp³-hybridized carbons (Fsp3) is 0. The van der Waals surface area contributed by atoms with Crippen LogP contribution in [0.4, 0.5) is 10.1 Å². The van der Waals surface area contributed by atoms with E-state index in [4.69, 9.17) is 23.2 Å². The number of benzene rings is 2. The van der Waals surface area contributed by atoms with Crippen molar-refractivity contribution in [1.29, 1.82) is 0 Å². The van der Waals surface area contributed by atoms with Crippen LogP contribution in [0.5, 0.6) is 0 Å². The highest BCUT2D eigenvalue weighted by molar-refractivity contribution is 9.10. The van der Waals surface area contributed by atoms with Gasteiger partial charge in [0.25, 0.3) is 5.91 Å². The second kappa shape index (κ2) is 5.90. The molecule has 0 aliphatic carbocycles. The lowest BCUT2D eigenvalue weighted by Gasteiger charge is -2.08. The number of nitrogens with one attached hydrogen (secondary N) is 1. The molecule has 1 amide bonds. The maximum Gasteiger partial charge on any atom is 0.260 e. The van der Waals surface area contributed by atoms with Crippen LogP contribution in [0, 0.1) is 5.82 Å². The smallest absolute Gasteiger partial charge is 0.260 e. The summed E-state index contributed by atoms with van der Waals surface area (Å²) in [5.74, 6) is -1.28. The summed E-state index contributed by atoms with van der Waals surface area (Å²) in [7, 11) is 0. The SMILES string of the molecule is O=C(Nc1ccc(Cl)c(Br)c1)c1c(F)cccc1Cl. The van der Waals surface area contributed by atoms with Gasteiger partial charge in [-0.3, -0.25) is 4.79 Å². The minimum atomic E-state index is -0.668.